The minimum absolute atomic E-state index is 0.287. The second kappa shape index (κ2) is 7.00. The molecule has 0 aliphatic heterocycles. The van der Waals surface area contributed by atoms with Crippen molar-refractivity contribution in [1.29, 1.82) is 0 Å². The topological polar surface area (TPSA) is 90.5 Å². The molecule has 2 amide bonds. The fourth-order valence-electron chi connectivity index (χ4n) is 1.55. The van der Waals surface area contributed by atoms with Crippen molar-refractivity contribution in [3.8, 4) is 5.75 Å². The molecule has 0 saturated carbocycles. The van der Waals surface area contributed by atoms with Crippen LogP contribution < -0.4 is 20.5 Å². The lowest BCUT2D eigenvalue weighted by atomic mass is 10.1. The second-order valence-electron chi connectivity index (χ2n) is 4.49. The Kier molecular flexibility index (Phi) is 5.64. The van der Waals surface area contributed by atoms with Crippen molar-refractivity contribution in [2.75, 3.05) is 12.4 Å². The van der Waals surface area contributed by atoms with Gasteiger partial charge >= 0.3 is 6.03 Å². The monoisotopic (exact) mass is 299 g/mol. The molecule has 0 aliphatic rings. The summed E-state index contributed by atoms with van der Waals surface area (Å²) in [6, 6.07) is 2.98. The van der Waals surface area contributed by atoms with Gasteiger partial charge in [0, 0.05) is 5.69 Å². The molecule has 0 spiro atoms. The number of benzene rings is 1. The van der Waals surface area contributed by atoms with E-state index in [-0.39, 0.29) is 5.92 Å². The summed E-state index contributed by atoms with van der Waals surface area (Å²) in [6.45, 7) is 3.34. The minimum atomic E-state index is -1.33. The molecule has 7 heteroatoms. The molecule has 2 N–H and O–H groups in total. The average Bonchev–Trinajstić information content (AvgIpc) is 2.35. The molecule has 0 saturated heterocycles. The Morgan fingerprint density at radius 3 is 2.45 bits per heavy atom. The van der Waals surface area contributed by atoms with E-state index in [0.29, 0.717) is 16.5 Å². The standard InChI is InChI=1S/C13H17ClN2O4/c1-7(2)11(12(17)18)16-13(19)15-8-4-5-10(20-3)9(14)6-8/h4-7,11H,1-3H3,(H,17,18)(H2,15,16,19)/p-1/t11-/m0/s1. The highest BCUT2D eigenvalue weighted by atomic mass is 35.5. The molecule has 0 aromatic heterocycles. The number of ether oxygens (including phenoxy) is 1. The van der Waals surface area contributed by atoms with Crippen LogP contribution in [0.4, 0.5) is 10.5 Å². The number of methoxy groups -OCH3 is 1. The highest BCUT2D eigenvalue weighted by Crippen LogP contribution is 2.27. The molecule has 1 atom stereocenters. The van der Waals surface area contributed by atoms with Gasteiger partial charge in [0.25, 0.3) is 0 Å². The van der Waals surface area contributed by atoms with E-state index in [0.717, 1.165) is 0 Å². The van der Waals surface area contributed by atoms with Gasteiger partial charge in [0.15, 0.2) is 0 Å². The third kappa shape index (κ3) is 4.31. The van der Waals surface area contributed by atoms with E-state index in [4.69, 9.17) is 16.3 Å². The number of carbonyl (C=O) groups is 2. The van der Waals surface area contributed by atoms with Crippen molar-refractivity contribution in [1.82, 2.24) is 5.32 Å². The predicted octanol–water partition coefficient (Wildman–Crippen LogP) is 1.24. The number of urea groups is 1. The van der Waals surface area contributed by atoms with Crippen LogP contribution in [0.5, 0.6) is 5.75 Å². The average molecular weight is 300 g/mol. The highest BCUT2D eigenvalue weighted by Gasteiger charge is 2.17. The summed E-state index contributed by atoms with van der Waals surface area (Å²) >= 11 is 5.92. The first kappa shape index (κ1) is 16.1. The van der Waals surface area contributed by atoms with Crippen LogP contribution in [0.1, 0.15) is 13.8 Å². The summed E-state index contributed by atoms with van der Waals surface area (Å²) in [4.78, 5) is 22.6. The highest BCUT2D eigenvalue weighted by molar-refractivity contribution is 6.32. The van der Waals surface area contributed by atoms with E-state index in [2.05, 4.69) is 10.6 Å². The van der Waals surface area contributed by atoms with Crippen LogP contribution in [-0.2, 0) is 4.79 Å². The maximum absolute atomic E-state index is 11.7. The van der Waals surface area contributed by atoms with Crippen LogP contribution >= 0.6 is 11.6 Å². The van der Waals surface area contributed by atoms with Gasteiger partial charge in [0.1, 0.15) is 5.75 Å². The molecule has 0 radical (unpaired) electrons. The number of carboxylic acid groups (broad SMARTS) is 1. The molecule has 20 heavy (non-hydrogen) atoms. The fourth-order valence-corrected chi connectivity index (χ4v) is 1.81. The van der Waals surface area contributed by atoms with Crippen LogP contribution in [0.25, 0.3) is 0 Å². The SMILES string of the molecule is COc1ccc(NC(=O)N[C@H](C(=O)[O-])C(C)C)cc1Cl. The van der Waals surface area contributed by atoms with Crippen molar-refractivity contribution >= 4 is 29.3 Å². The van der Waals surface area contributed by atoms with Crippen LogP contribution in [-0.4, -0.2) is 25.2 Å². The van der Waals surface area contributed by atoms with Crippen LogP contribution in [0.2, 0.25) is 5.02 Å². The number of carboxylic acids is 1. The van der Waals surface area contributed by atoms with Gasteiger partial charge in [0.2, 0.25) is 0 Å². The molecule has 1 rings (SSSR count). The van der Waals surface area contributed by atoms with Crippen molar-refractivity contribution in [2.24, 2.45) is 5.92 Å². The lowest BCUT2D eigenvalue weighted by molar-refractivity contribution is -0.309. The largest absolute Gasteiger partial charge is 0.548 e. The van der Waals surface area contributed by atoms with Crippen LogP contribution in [0.3, 0.4) is 0 Å². The molecule has 1 aromatic carbocycles. The van der Waals surface area contributed by atoms with Gasteiger partial charge in [-0.05, 0) is 24.1 Å². The number of anilines is 1. The Balaban J connectivity index is 2.71. The first-order chi connectivity index (χ1) is 9.35. The summed E-state index contributed by atoms with van der Waals surface area (Å²) in [6.07, 6.45) is 0. The normalized spacial score (nSPS) is 11.8. The number of carbonyl (C=O) groups excluding carboxylic acids is 2. The number of nitrogens with one attached hydrogen (secondary N) is 2. The molecule has 0 bridgehead atoms. The van der Waals surface area contributed by atoms with Crippen molar-refractivity contribution in [3.63, 3.8) is 0 Å². The van der Waals surface area contributed by atoms with E-state index in [1.807, 2.05) is 0 Å². The minimum Gasteiger partial charge on any atom is -0.548 e. The Hall–Kier alpha value is -1.95. The van der Waals surface area contributed by atoms with Crippen molar-refractivity contribution in [2.45, 2.75) is 19.9 Å². The van der Waals surface area contributed by atoms with E-state index in [1.54, 1.807) is 26.0 Å². The molecule has 0 heterocycles. The fraction of sp³-hybridized carbons (Fsp3) is 0.385. The van der Waals surface area contributed by atoms with Gasteiger partial charge in [-0.3, -0.25) is 0 Å². The zero-order chi connectivity index (χ0) is 15.3. The summed E-state index contributed by atoms with van der Waals surface area (Å²) < 4.78 is 4.99. The maximum atomic E-state index is 11.7. The zero-order valence-corrected chi connectivity index (χ0v) is 12.2. The first-order valence-corrected chi connectivity index (χ1v) is 6.35. The number of rotatable bonds is 5. The number of halogens is 1. The summed E-state index contributed by atoms with van der Waals surface area (Å²) in [5.41, 5.74) is 0.425. The molecular weight excluding hydrogens is 284 g/mol. The molecule has 6 nitrogen and oxygen atoms in total. The molecule has 110 valence electrons. The van der Waals surface area contributed by atoms with Gasteiger partial charge in [-0.1, -0.05) is 25.4 Å². The Labute approximate surface area is 122 Å². The number of aliphatic carboxylic acids is 1. The maximum Gasteiger partial charge on any atom is 0.319 e. The van der Waals surface area contributed by atoms with Crippen LogP contribution in [0, 0.1) is 5.92 Å². The van der Waals surface area contributed by atoms with Crippen LogP contribution in [0.15, 0.2) is 18.2 Å². The molecular formula is C13H16ClN2O4-. The van der Waals surface area contributed by atoms with Crippen molar-refractivity contribution in [3.05, 3.63) is 23.2 Å². The molecule has 0 aliphatic carbocycles. The molecule has 0 unspecified atom stereocenters. The smallest absolute Gasteiger partial charge is 0.319 e. The predicted molar refractivity (Wildman–Crippen MR) is 73.8 cm³/mol. The van der Waals surface area contributed by atoms with Gasteiger partial charge in [-0.2, -0.15) is 0 Å². The number of amides is 2. The Morgan fingerprint density at radius 2 is 2.00 bits per heavy atom. The summed E-state index contributed by atoms with van der Waals surface area (Å²) in [5, 5.41) is 16.0. The third-order valence-corrected chi connectivity index (χ3v) is 2.91. The van der Waals surface area contributed by atoms with E-state index >= 15 is 0 Å². The lowest BCUT2D eigenvalue weighted by Crippen LogP contribution is -2.51. The molecule has 1 aromatic rings. The zero-order valence-electron chi connectivity index (χ0n) is 11.4. The Morgan fingerprint density at radius 1 is 1.35 bits per heavy atom. The quantitative estimate of drug-likeness (QED) is 0.856. The third-order valence-electron chi connectivity index (χ3n) is 2.62. The van der Waals surface area contributed by atoms with Gasteiger partial charge in [0.05, 0.1) is 24.1 Å². The van der Waals surface area contributed by atoms with Gasteiger partial charge in [-0.25, -0.2) is 4.79 Å². The van der Waals surface area contributed by atoms with E-state index < -0.39 is 18.0 Å². The first-order valence-electron chi connectivity index (χ1n) is 5.97. The molecule has 0 fully saturated rings. The van der Waals surface area contributed by atoms with Crippen molar-refractivity contribution < 1.29 is 19.4 Å². The second-order valence-corrected chi connectivity index (χ2v) is 4.90. The summed E-state index contributed by atoms with van der Waals surface area (Å²) in [7, 11) is 1.48. The lowest BCUT2D eigenvalue weighted by Gasteiger charge is -2.23. The number of hydrogen-bond acceptors (Lipinski definition) is 4. The van der Waals surface area contributed by atoms with E-state index in [9.17, 15) is 14.7 Å². The Bertz CT molecular complexity index is 505. The van der Waals surface area contributed by atoms with Gasteiger partial charge in [-0.15, -0.1) is 0 Å². The van der Waals surface area contributed by atoms with Gasteiger partial charge < -0.3 is 25.3 Å². The number of hydrogen-bond donors (Lipinski definition) is 2. The van der Waals surface area contributed by atoms with E-state index in [1.165, 1.54) is 13.2 Å². The summed E-state index contributed by atoms with van der Waals surface area (Å²) in [5.74, 6) is -1.14.